The summed E-state index contributed by atoms with van der Waals surface area (Å²) in [6.07, 6.45) is -3.47. The number of benzene rings is 1. The van der Waals surface area contributed by atoms with Gasteiger partial charge in [-0.05, 0) is 32.4 Å². The number of hydrogen-bond donors (Lipinski definition) is 2. The van der Waals surface area contributed by atoms with Gasteiger partial charge >= 0.3 is 12.1 Å². The molecule has 3 amide bonds. The second kappa shape index (κ2) is 9.24. The summed E-state index contributed by atoms with van der Waals surface area (Å²) >= 11 is 0. The van der Waals surface area contributed by atoms with E-state index in [0.717, 1.165) is 6.07 Å². The Balaban J connectivity index is 2.53. The van der Waals surface area contributed by atoms with E-state index in [4.69, 9.17) is 16.1 Å². The molecule has 3 N–H and O–H groups in total. The number of nitrogens with zero attached hydrogens (tertiary/aromatic N) is 4. The van der Waals surface area contributed by atoms with Crippen LogP contribution in [0.25, 0.3) is 10.4 Å². The van der Waals surface area contributed by atoms with Crippen molar-refractivity contribution in [3.63, 3.8) is 0 Å². The fraction of sp³-hybridized carbons (Fsp3) is 0.389. The van der Waals surface area contributed by atoms with Crippen LogP contribution < -0.4 is 11.3 Å². The van der Waals surface area contributed by atoms with E-state index in [-0.39, 0.29) is 29.7 Å². The quantitative estimate of drug-likeness (QED) is 0.0812. The van der Waals surface area contributed by atoms with Gasteiger partial charge in [0.25, 0.3) is 5.91 Å². The number of rotatable bonds is 5. The number of likely N-dealkylation sites (tertiary alicyclic amines) is 1. The Bertz CT molecular complexity index is 978. The molecule has 0 aromatic heterocycles. The molecule has 1 aromatic carbocycles. The van der Waals surface area contributed by atoms with Crippen LogP contribution >= 0.6 is 0 Å². The maximum Gasteiger partial charge on any atom is 0.518 e. The van der Waals surface area contributed by atoms with Crippen molar-refractivity contribution >= 4 is 35.5 Å². The van der Waals surface area contributed by atoms with E-state index in [1.165, 1.54) is 32.9 Å². The number of hydrazine groups is 1. The van der Waals surface area contributed by atoms with Crippen LogP contribution in [0.3, 0.4) is 0 Å². The molecule has 1 heterocycles. The number of esters is 1. The van der Waals surface area contributed by atoms with E-state index >= 15 is 0 Å². The van der Waals surface area contributed by atoms with Crippen LogP contribution in [-0.2, 0) is 23.9 Å². The highest BCUT2D eigenvalue weighted by Crippen LogP contribution is 2.33. The fourth-order valence-electron chi connectivity index (χ4n) is 2.60. The van der Waals surface area contributed by atoms with Crippen molar-refractivity contribution in [3.8, 4) is 0 Å². The van der Waals surface area contributed by atoms with Crippen LogP contribution in [0.4, 0.5) is 10.5 Å². The summed E-state index contributed by atoms with van der Waals surface area (Å²) in [5.41, 5.74) is 9.12. The highest BCUT2D eigenvalue weighted by atomic mass is 16.7. The van der Waals surface area contributed by atoms with Crippen molar-refractivity contribution in [3.05, 3.63) is 39.8 Å². The Morgan fingerprint density at radius 3 is 2.35 bits per heavy atom. The zero-order valence-corrected chi connectivity index (χ0v) is 16.9. The number of imide groups is 1. The van der Waals surface area contributed by atoms with E-state index in [9.17, 15) is 24.0 Å². The van der Waals surface area contributed by atoms with Crippen molar-refractivity contribution < 1.29 is 33.4 Å². The first-order valence-corrected chi connectivity index (χ1v) is 8.97. The lowest BCUT2D eigenvalue weighted by Gasteiger charge is -2.27. The molecular weight excluding hydrogens is 412 g/mol. The first-order valence-electron chi connectivity index (χ1n) is 8.97. The molecule has 1 aliphatic rings. The number of hydrogen-bond acceptors (Lipinski definition) is 9. The minimum absolute atomic E-state index is 0.0214. The average Bonchev–Trinajstić information content (AvgIpc) is 3.03. The Hall–Kier alpha value is -3.96. The van der Waals surface area contributed by atoms with E-state index < -0.39 is 41.5 Å². The zero-order valence-electron chi connectivity index (χ0n) is 16.9. The topological polar surface area (TPSA) is 194 Å². The molecule has 0 bridgehead atoms. The molecule has 1 unspecified atom stereocenters. The number of azide groups is 1. The smallest absolute Gasteiger partial charge is 0.405 e. The van der Waals surface area contributed by atoms with Crippen LogP contribution in [0, 0.1) is 5.41 Å². The Labute approximate surface area is 176 Å². The molecule has 1 aliphatic heterocycles. The second-order valence-corrected chi connectivity index (χ2v) is 7.45. The summed E-state index contributed by atoms with van der Waals surface area (Å²) in [6, 6.07) is 3.62. The normalized spacial score (nSPS) is 14.5. The lowest BCUT2D eigenvalue weighted by molar-refractivity contribution is -0.156. The van der Waals surface area contributed by atoms with Crippen molar-refractivity contribution in [2.24, 2.45) is 16.4 Å². The average molecular weight is 432 g/mol. The summed E-state index contributed by atoms with van der Waals surface area (Å²) < 4.78 is 9.78. The predicted octanol–water partition coefficient (Wildman–Crippen LogP) is 2.11. The minimum Gasteiger partial charge on any atom is -0.405 e. The molecule has 0 saturated carbocycles. The van der Waals surface area contributed by atoms with E-state index in [0.29, 0.717) is 4.90 Å². The van der Waals surface area contributed by atoms with Gasteiger partial charge in [0.05, 0.1) is 11.0 Å². The van der Waals surface area contributed by atoms with Gasteiger partial charge in [0.15, 0.2) is 0 Å². The van der Waals surface area contributed by atoms with Crippen LogP contribution in [0.15, 0.2) is 23.3 Å². The summed E-state index contributed by atoms with van der Waals surface area (Å²) in [6.45, 7) is 4.52. The van der Waals surface area contributed by atoms with Gasteiger partial charge in [-0.15, -0.1) is 0 Å². The van der Waals surface area contributed by atoms with Gasteiger partial charge in [-0.1, -0.05) is 17.2 Å². The number of carbonyl (C=O) groups is 5. The minimum atomic E-state index is -1.73. The third-order valence-electron chi connectivity index (χ3n) is 4.16. The van der Waals surface area contributed by atoms with Crippen LogP contribution in [-0.4, -0.2) is 34.7 Å². The van der Waals surface area contributed by atoms with Gasteiger partial charge in [0.2, 0.25) is 18.0 Å². The highest BCUT2D eigenvalue weighted by Gasteiger charge is 2.41. The molecule has 164 valence electrons. The van der Waals surface area contributed by atoms with Crippen molar-refractivity contribution in [1.29, 1.82) is 0 Å². The fourth-order valence-corrected chi connectivity index (χ4v) is 2.60. The van der Waals surface area contributed by atoms with E-state index in [2.05, 4.69) is 14.8 Å². The lowest BCUT2D eigenvalue weighted by Crippen LogP contribution is -2.39. The van der Waals surface area contributed by atoms with Crippen molar-refractivity contribution in [1.82, 2.24) is 10.3 Å². The molecule has 13 heteroatoms. The number of amides is 3. The standard InChI is InChI=1S/C18H20N6O7/c1-18(2,3)16(28)31-17(29)30-15(24-12(25)6-7-13(24)26)10-5-4-9(22-23-20)8-11(10)14(27)21-19/h4-5,8,15H,6-7,19H2,1-3H3,(H,21,27). The first kappa shape index (κ1) is 23.3. The zero-order chi connectivity index (χ0) is 23.3. The van der Waals surface area contributed by atoms with Gasteiger partial charge in [-0.25, -0.2) is 15.5 Å². The summed E-state index contributed by atoms with van der Waals surface area (Å²) in [4.78, 5) is 64.4. The number of nitrogens with one attached hydrogen (secondary N) is 1. The summed E-state index contributed by atoms with van der Waals surface area (Å²) in [5, 5.41) is 3.37. The number of nitrogen functional groups attached to an aromatic ring is 1. The monoisotopic (exact) mass is 432 g/mol. The highest BCUT2D eigenvalue weighted by molar-refractivity contribution is 6.03. The van der Waals surface area contributed by atoms with Crippen molar-refractivity contribution in [2.75, 3.05) is 0 Å². The van der Waals surface area contributed by atoms with Crippen LogP contribution in [0.5, 0.6) is 0 Å². The van der Waals surface area contributed by atoms with Gasteiger partial charge in [0, 0.05) is 29.0 Å². The molecular formula is C18H20N6O7. The Kier molecular flexibility index (Phi) is 6.95. The van der Waals surface area contributed by atoms with E-state index in [1.54, 1.807) is 0 Å². The lowest BCUT2D eigenvalue weighted by atomic mass is 9.98. The molecule has 2 rings (SSSR count). The second-order valence-electron chi connectivity index (χ2n) is 7.45. The molecule has 0 aliphatic carbocycles. The van der Waals surface area contributed by atoms with E-state index in [1.807, 2.05) is 5.43 Å². The van der Waals surface area contributed by atoms with Crippen LogP contribution in [0.2, 0.25) is 0 Å². The third-order valence-corrected chi connectivity index (χ3v) is 4.16. The van der Waals surface area contributed by atoms with Gasteiger partial charge in [0.1, 0.15) is 0 Å². The van der Waals surface area contributed by atoms with Crippen molar-refractivity contribution in [2.45, 2.75) is 39.8 Å². The number of nitrogens with two attached hydrogens (primary N) is 1. The molecule has 1 aromatic rings. The number of carbonyl (C=O) groups excluding carboxylic acids is 5. The molecule has 31 heavy (non-hydrogen) atoms. The van der Waals surface area contributed by atoms with Gasteiger partial charge in [-0.2, -0.15) is 0 Å². The molecule has 0 spiro atoms. The Morgan fingerprint density at radius 2 is 1.84 bits per heavy atom. The third kappa shape index (κ3) is 5.35. The largest absolute Gasteiger partial charge is 0.518 e. The molecule has 1 fully saturated rings. The molecule has 1 atom stereocenters. The first-order chi connectivity index (χ1) is 14.5. The molecule has 1 saturated heterocycles. The Morgan fingerprint density at radius 1 is 1.23 bits per heavy atom. The molecule has 0 radical (unpaired) electrons. The number of ether oxygens (including phenoxy) is 2. The van der Waals surface area contributed by atoms with Gasteiger partial charge < -0.3 is 9.47 Å². The van der Waals surface area contributed by atoms with Gasteiger partial charge in [-0.3, -0.25) is 24.6 Å². The summed E-state index contributed by atoms with van der Waals surface area (Å²) in [7, 11) is 0. The predicted molar refractivity (Wildman–Crippen MR) is 103 cm³/mol. The summed E-state index contributed by atoms with van der Waals surface area (Å²) in [5.74, 6) is 2.08. The van der Waals surface area contributed by atoms with Crippen LogP contribution in [0.1, 0.15) is 55.8 Å². The maximum atomic E-state index is 12.3. The SMILES string of the molecule is CC(C)(C)C(=O)OC(=O)OC(c1ccc(N=[N+]=[N-])cc1C(=O)NN)N1C(=O)CCC1=O. The molecule has 13 nitrogen and oxygen atoms in total. The maximum absolute atomic E-state index is 12.3.